The normalized spacial score (nSPS) is 36.3. The lowest BCUT2D eigenvalue weighted by molar-refractivity contribution is 0.179. The van der Waals surface area contributed by atoms with Crippen LogP contribution in [0.25, 0.3) is 0 Å². The third kappa shape index (κ3) is 1.27. The summed E-state index contributed by atoms with van der Waals surface area (Å²) in [4.78, 5) is 2.75. The highest BCUT2D eigenvalue weighted by Crippen LogP contribution is 2.50. The first-order valence-electron chi connectivity index (χ1n) is 6.38. The molecule has 2 heteroatoms. The maximum atomic E-state index is 5.59. The van der Waals surface area contributed by atoms with Crippen LogP contribution in [0.4, 0.5) is 0 Å². The SMILES string of the molecule is COC1=C2CCCCN3CCCC23CC1. The Balaban J connectivity index is 2.01. The van der Waals surface area contributed by atoms with Crippen molar-refractivity contribution in [2.24, 2.45) is 0 Å². The first-order valence-corrected chi connectivity index (χ1v) is 6.38. The Labute approximate surface area is 92.3 Å². The predicted octanol–water partition coefficient (Wildman–Crippen LogP) is 2.70. The first-order chi connectivity index (χ1) is 7.37. The molecular weight excluding hydrogens is 186 g/mol. The lowest BCUT2D eigenvalue weighted by atomic mass is 9.87. The quantitative estimate of drug-likeness (QED) is 0.655. The van der Waals surface area contributed by atoms with Gasteiger partial charge in [-0.25, -0.2) is 0 Å². The fourth-order valence-corrected chi connectivity index (χ4v) is 3.97. The van der Waals surface area contributed by atoms with E-state index in [0.29, 0.717) is 5.54 Å². The molecule has 3 aliphatic rings. The Morgan fingerprint density at radius 1 is 1.07 bits per heavy atom. The summed E-state index contributed by atoms with van der Waals surface area (Å²) in [6.07, 6.45) is 9.31. The van der Waals surface area contributed by atoms with Gasteiger partial charge in [0.25, 0.3) is 0 Å². The molecule has 1 aliphatic carbocycles. The van der Waals surface area contributed by atoms with E-state index in [1.54, 1.807) is 5.57 Å². The second-order valence-electron chi connectivity index (χ2n) is 5.19. The third-order valence-corrected chi connectivity index (χ3v) is 4.64. The van der Waals surface area contributed by atoms with Crippen LogP contribution in [-0.4, -0.2) is 30.6 Å². The first kappa shape index (κ1) is 9.71. The Hall–Kier alpha value is -0.500. The van der Waals surface area contributed by atoms with Gasteiger partial charge in [0, 0.05) is 12.0 Å². The maximum absolute atomic E-state index is 5.59. The monoisotopic (exact) mass is 207 g/mol. The number of nitrogens with zero attached hydrogens (tertiary/aromatic N) is 1. The van der Waals surface area contributed by atoms with Crippen molar-refractivity contribution in [1.29, 1.82) is 0 Å². The number of methoxy groups -OCH3 is 1. The predicted molar refractivity (Wildman–Crippen MR) is 60.7 cm³/mol. The van der Waals surface area contributed by atoms with E-state index in [2.05, 4.69) is 4.90 Å². The van der Waals surface area contributed by atoms with Gasteiger partial charge in [0.05, 0.1) is 12.9 Å². The van der Waals surface area contributed by atoms with Gasteiger partial charge in [0.2, 0.25) is 0 Å². The van der Waals surface area contributed by atoms with Crippen LogP contribution in [0.1, 0.15) is 44.9 Å². The van der Waals surface area contributed by atoms with Crippen LogP contribution < -0.4 is 0 Å². The molecule has 0 bridgehead atoms. The molecule has 2 fully saturated rings. The zero-order valence-corrected chi connectivity index (χ0v) is 9.72. The number of rotatable bonds is 1. The van der Waals surface area contributed by atoms with Crippen molar-refractivity contribution in [2.45, 2.75) is 50.5 Å². The van der Waals surface area contributed by atoms with Gasteiger partial charge in [-0.3, -0.25) is 4.90 Å². The zero-order valence-electron chi connectivity index (χ0n) is 9.72. The van der Waals surface area contributed by atoms with Crippen molar-refractivity contribution in [2.75, 3.05) is 20.2 Å². The smallest absolute Gasteiger partial charge is 0.0966 e. The van der Waals surface area contributed by atoms with Gasteiger partial charge in [0.1, 0.15) is 0 Å². The van der Waals surface area contributed by atoms with Crippen LogP contribution in [0.3, 0.4) is 0 Å². The van der Waals surface area contributed by atoms with Gasteiger partial charge in [-0.05, 0) is 57.2 Å². The van der Waals surface area contributed by atoms with Crippen molar-refractivity contribution in [1.82, 2.24) is 4.90 Å². The Morgan fingerprint density at radius 3 is 2.80 bits per heavy atom. The topological polar surface area (TPSA) is 12.5 Å². The minimum absolute atomic E-state index is 0.446. The third-order valence-electron chi connectivity index (χ3n) is 4.64. The van der Waals surface area contributed by atoms with Crippen molar-refractivity contribution >= 4 is 0 Å². The lowest BCUT2D eigenvalue weighted by Crippen LogP contribution is -2.42. The van der Waals surface area contributed by atoms with Crippen molar-refractivity contribution < 1.29 is 4.74 Å². The summed E-state index contributed by atoms with van der Waals surface area (Å²) in [7, 11) is 1.85. The summed E-state index contributed by atoms with van der Waals surface area (Å²) in [5.74, 6) is 1.32. The van der Waals surface area contributed by atoms with E-state index < -0.39 is 0 Å². The molecule has 0 N–H and O–H groups in total. The number of allylic oxidation sites excluding steroid dienone is 1. The Bertz CT molecular complexity index is 297. The molecule has 0 radical (unpaired) electrons. The lowest BCUT2D eigenvalue weighted by Gasteiger charge is -2.35. The molecule has 0 amide bonds. The molecule has 15 heavy (non-hydrogen) atoms. The van der Waals surface area contributed by atoms with E-state index in [1.807, 2.05) is 7.11 Å². The fourth-order valence-electron chi connectivity index (χ4n) is 3.97. The van der Waals surface area contributed by atoms with Gasteiger partial charge in [-0.15, -0.1) is 0 Å². The summed E-state index contributed by atoms with van der Waals surface area (Å²) in [5, 5.41) is 0. The van der Waals surface area contributed by atoms with Crippen LogP contribution in [0.2, 0.25) is 0 Å². The van der Waals surface area contributed by atoms with Crippen molar-refractivity contribution in [3.05, 3.63) is 11.3 Å². The summed E-state index contributed by atoms with van der Waals surface area (Å²) in [6, 6.07) is 0. The Morgan fingerprint density at radius 2 is 1.93 bits per heavy atom. The molecule has 0 aromatic rings. The minimum atomic E-state index is 0.446. The second kappa shape index (κ2) is 3.51. The molecule has 1 unspecified atom stereocenters. The van der Waals surface area contributed by atoms with Crippen LogP contribution >= 0.6 is 0 Å². The van der Waals surface area contributed by atoms with E-state index in [0.717, 1.165) is 0 Å². The van der Waals surface area contributed by atoms with Crippen molar-refractivity contribution in [3.8, 4) is 0 Å². The summed E-state index contributed by atoms with van der Waals surface area (Å²) in [6.45, 7) is 2.64. The molecule has 0 aromatic heterocycles. The molecule has 84 valence electrons. The second-order valence-corrected chi connectivity index (χ2v) is 5.19. The van der Waals surface area contributed by atoms with E-state index in [1.165, 1.54) is 63.8 Å². The van der Waals surface area contributed by atoms with E-state index in [-0.39, 0.29) is 0 Å². The highest BCUT2D eigenvalue weighted by Gasteiger charge is 2.48. The van der Waals surface area contributed by atoms with Crippen molar-refractivity contribution in [3.63, 3.8) is 0 Å². The number of ether oxygens (including phenoxy) is 1. The Kier molecular flexibility index (Phi) is 2.27. The van der Waals surface area contributed by atoms with Gasteiger partial charge in [0.15, 0.2) is 0 Å². The van der Waals surface area contributed by atoms with E-state index >= 15 is 0 Å². The molecule has 2 nitrogen and oxygen atoms in total. The number of hydrogen-bond donors (Lipinski definition) is 0. The molecule has 1 atom stereocenters. The van der Waals surface area contributed by atoms with Crippen LogP contribution in [-0.2, 0) is 4.74 Å². The van der Waals surface area contributed by atoms with Gasteiger partial charge in [-0.2, -0.15) is 0 Å². The average Bonchev–Trinajstić information content (AvgIpc) is 2.78. The summed E-state index contributed by atoms with van der Waals surface area (Å²) >= 11 is 0. The molecule has 2 aliphatic heterocycles. The molecular formula is C13H21NO. The highest BCUT2D eigenvalue weighted by molar-refractivity contribution is 5.32. The maximum Gasteiger partial charge on any atom is 0.0966 e. The molecule has 0 aromatic carbocycles. The van der Waals surface area contributed by atoms with Gasteiger partial charge in [-0.1, -0.05) is 0 Å². The average molecular weight is 207 g/mol. The van der Waals surface area contributed by atoms with Gasteiger partial charge >= 0.3 is 0 Å². The molecule has 0 saturated carbocycles. The molecule has 2 heterocycles. The number of hydrogen-bond acceptors (Lipinski definition) is 2. The van der Waals surface area contributed by atoms with Gasteiger partial charge < -0.3 is 4.74 Å². The zero-order chi connectivity index (χ0) is 10.3. The molecule has 3 rings (SSSR count). The van der Waals surface area contributed by atoms with E-state index in [9.17, 15) is 0 Å². The molecule has 2 saturated heterocycles. The largest absolute Gasteiger partial charge is 0.501 e. The highest BCUT2D eigenvalue weighted by atomic mass is 16.5. The summed E-state index contributed by atoms with van der Waals surface area (Å²) < 4.78 is 5.59. The summed E-state index contributed by atoms with van der Waals surface area (Å²) in [5.41, 5.74) is 2.11. The molecule has 1 spiro atoms. The van der Waals surface area contributed by atoms with Crippen LogP contribution in [0, 0.1) is 0 Å². The van der Waals surface area contributed by atoms with E-state index in [4.69, 9.17) is 4.74 Å². The van der Waals surface area contributed by atoms with Crippen LogP contribution in [0.15, 0.2) is 11.3 Å². The standard InChI is InChI=1S/C13H21NO/c1-15-12-6-8-13-7-4-10-14(13)9-3-2-5-11(12)13/h2-10H2,1H3. The minimum Gasteiger partial charge on any atom is -0.501 e. The fraction of sp³-hybridized carbons (Fsp3) is 0.846. The van der Waals surface area contributed by atoms with Crippen LogP contribution in [0.5, 0.6) is 0 Å².